The van der Waals surface area contributed by atoms with Crippen LogP contribution in [0.5, 0.6) is 0 Å². The van der Waals surface area contributed by atoms with Gasteiger partial charge in [0, 0.05) is 12.2 Å². The van der Waals surface area contributed by atoms with Crippen molar-refractivity contribution in [1.82, 2.24) is 14.5 Å². The Labute approximate surface area is 129 Å². The quantitative estimate of drug-likeness (QED) is 0.750. The van der Waals surface area contributed by atoms with E-state index >= 15 is 0 Å². The summed E-state index contributed by atoms with van der Waals surface area (Å²) in [5.74, 6) is 2.21. The van der Waals surface area contributed by atoms with Crippen molar-refractivity contribution < 1.29 is 0 Å². The van der Waals surface area contributed by atoms with Crippen molar-refractivity contribution in [1.29, 1.82) is 0 Å². The number of nitrogens with zero attached hydrogens (tertiary/aromatic N) is 3. The molecule has 0 radical (unpaired) electrons. The van der Waals surface area contributed by atoms with E-state index in [1.54, 1.807) is 6.20 Å². The molecule has 0 unspecified atom stereocenters. The molecule has 2 aromatic rings. The Hall–Kier alpha value is -0.800. The van der Waals surface area contributed by atoms with Gasteiger partial charge in [-0.3, -0.25) is 0 Å². The van der Waals surface area contributed by atoms with Gasteiger partial charge in [0.25, 0.3) is 0 Å². The molecule has 2 heterocycles. The standard InChI is InChI=1S/C15H19Cl2N3/c1-2-10-3-5-12(6-4-10)20-14(8-16)19-13-7-11(17)9-18-15(13)20/h7,9-10,12H,2-6,8H2,1H3. The van der Waals surface area contributed by atoms with Gasteiger partial charge < -0.3 is 4.57 Å². The van der Waals surface area contributed by atoms with E-state index in [0.717, 1.165) is 22.9 Å². The Bertz CT molecular complexity index is 600. The number of rotatable bonds is 3. The molecule has 1 fully saturated rings. The SMILES string of the molecule is CCC1CCC(n2c(CCl)nc3cc(Cl)cnc32)CC1. The molecule has 0 atom stereocenters. The lowest BCUT2D eigenvalue weighted by molar-refractivity contribution is 0.270. The van der Waals surface area contributed by atoms with Crippen LogP contribution in [0, 0.1) is 5.92 Å². The molecule has 0 amide bonds. The third-order valence-electron chi connectivity index (χ3n) is 4.45. The van der Waals surface area contributed by atoms with Crippen LogP contribution in [0.2, 0.25) is 5.02 Å². The number of hydrogen-bond donors (Lipinski definition) is 0. The predicted octanol–water partition coefficient (Wildman–Crippen LogP) is 4.96. The van der Waals surface area contributed by atoms with Gasteiger partial charge in [-0.2, -0.15) is 0 Å². The molecule has 1 aliphatic rings. The van der Waals surface area contributed by atoms with E-state index in [1.165, 1.54) is 32.1 Å². The van der Waals surface area contributed by atoms with Crippen LogP contribution >= 0.6 is 23.2 Å². The van der Waals surface area contributed by atoms with Crippen molar-refractivity contribution in [3.63, 3.8) is 0 Å². The minimum Gasteiger partial charge on any atom is -0.309 e. The normalized spacial score (nSPS) is 23.4. The van der Waals surface area contributed by atoms with Crippen LogP contribution in [0.3, 0.4) is 0 Å². The number of aromatic nitrogens is 3. The van der Waals surface area contributed by atoms with Gasteiger partial charge in [0.1, 0.15) is 11.3 Å². The van der Waals surface area contributed by atoms with Gasteiger partial charge in [-0.1, -0.05) is 24.9 Å². The van der Waals surface area contributed by atoms with Crippen LogP contribution in [0.15, 0.2) is 12.3 Å². The average Bonchev–Trinajstić information content (AvgIpc) is 2.84. The zero-order valence-corrected chi connectivity index (χ0v) is 13.2. The van der Waals surface area contributed by atoms with Crippen LogP contribution in [-0.4, -0.2) is 14.5 Å². The van der Waals surface area contributed by atoms with Crippen molar-refractivity contribution in [2.24, 2.45) is 5.92 Å². The molecule has 0 aliphatic heterocycles. The van der Waals surface area contributed by atoms with Crippen LogP contribution in [0.25, 0.3) is 11.2 Å². The first-order chi connectivity index (χ1) is 9.72. The lowest BCUT2D eigenvalue weighted by atomic mass is 9.84. The summed E-state index contributed by atoms with van der Waals surface area (Å²) >= 11 is 12.1. The molecule has 0 aromatic carbocycles. The maximum Gasteiger partial charge on any atom is 0.160 e. The van der Waals surface area contributed by atoms with Crippen molar-refractivity contribution in [3.8, 4) is 0 Å². The van der Waals surface area contributed by atoms with Crippen molar-refractivity contribution in [2.75, 3.05) is 0 Å². The summed E-state index contributed by atoms with van der Waals surface area (Å²) in [5, 5.41) is 0.623. The highest BCUT2D eigenvalue weighted by Crippen LogP contribution is 2.36. The number of alkyl halides is 1. The highest BCUT2D eigenvalue weighted by atomic mass is 35.5. The first kappa shape index (κ1) is 14.2. The molecular formula is C15H19Cl2N3. The molecule has 0 N–H and O–H groups in total. The van der Waals surface area contributed by atoms with Gasteiger partial charge >= 0.3 is 0 Å². The second kappa shape index (κ2) is 5.90. The van der Waals surface area contributed by atoms with Crippen LogP contribution in [0.4, 0.5) is 0 Å². The molecule has 1 aliphatic carbocycles. The second-order valence-electron chi connectivity index (χ2n) is 5.61. The molecule has 1 saturated carbocycles. The summed E-state index contributed by atoms with van der Waals surface area (Å²) in [6, 6.07) is 2.35. The van der Waals surface area contributed by atoms with E-state index in [2.05, 4.69) is 21.5 Å². The maximum atomic E-state index is 6.07. The Balaban J connectivity index is 1.97. The van der Waals surface area contributed by atoms with E-state index in [0.29, 0.717) is 16.9 Å². The molecule has 2 aromatic heterocycles. The number of fused-ring (bicyclic) bond motifs is 1. The zero-order valence-electron chi connectivity index (χ0n) is 11.6. The molecule has 0 bridgehead atoms. The molecule has 3 nitrogen and oxygen atoms in total. The third-order valence-corrected chi connectivity index (χ3v) is 4.89. The van der Waals surface area contributed by atoms with E-state index < -0.39 is 0 Å². The van der Waals surface area contributed by atoms with Crippen molar-refractivity contribution in [2.45, 2.75) is 50.9 Å². The zero-order chi connectivity index (χ0) is 14.1. The fourth-order valence-electron chi connectivity index (χ4n) is 3.29. The number of hydrogen-bond acceptors (Lipinski definition) is 2. The first-order valence-corrected chi connectivity index (χ1v) is 8.22. The summed E-state index contributed by atoms with van der Waals surface area (Å²) in [5.41, 5.74) is 1.77. The Morgan fingerprint density at radius 1 is 1.30 bits per heavy atom. The topological polar surface area (TPSA) is 30.7 Å². The summed E-state index contributed by atoms with van der Waals surface area (Å²) in [4.78, 5) is 9.06. The monoisotopic (exact) mass is 311 g/mol. The highest BCUT2D eigenvalue weighted by molar-refractivity contribution is 6.31. The first-order valence-electron chi connectivity index (χ1n) is 7.31. The largest absolute Gasteiger partial charge is 0.309 e. The highest BCUT2D eigenvalue weighted by Gasteiger charge is 2.25. The van der Waals surface area contributed by atoms with E-state index in [1.807, 2.05) is 6.07 Å². The van der Waals surface area contributed by atoms with Gasteiger partial charge in [-0.25, -0.2) is 9.97 Å². The van der Waals surface area contributed by atoms with Gasteiger partial charge in [-0.15, -0.1) is 11.6 Å². The van der Waals surface area contributed by atoms with Crippen LogP contribution < -0.4 is 0 Å². The van der Waals surface area contributed by atoms with Gasteiger partial charge in [0.2, 0.25) is 0 Å². The fourth-order valence-corrected chi connectivity index (χ4v) is 3.63. The summed E-state index contributed by atoms with van der Waals surface area (Å²) < 4.78 is 2.24. The van der Waals surface area contributed by atoms with Gasteiger partial charge in [0.05, 0.1) is 10.9 Å². The molecular weight excluding hydrogens is 293 g/mol. The van der Waals surface area contributed by atoms with Gasteiger partial charge in [-0.05, 0) is 37.7 Å². The summed E-state index contributed by atoms with van der Waals surface area (Å²) in [7, 11) is 0. The minimum atomic E-state index is 0.418. The molecule has 0 spiro atoms. The Morgan fingerprint density at radius 3 is 2.70 bits per heavy atom. The van der Waals surface area contributed by atoms with E-state index in [4.69, 9.17) is 23.2 Å². The summed E-state index contributed by atoms with van der Waals surface area (Å²) in [6.07, 6.45) is 7.94. The number of pyridine rings is 1. The lowest BCUT2D eigenvalue weighted by Crippen LogP contribution is -2.19. The number of imidazole rings is 1. The molecule has 20 heavy (non-hydrogen) atoms. The average molecular weight is 312 g/mol. The molecule has 0 saturated heterocycles. The maximum absolute atomic E-state index is 6.07. The third kappa shape index (κ3) is 2.53. The lowest BCUT2D eigenvalue weighted by Gasteiger charge is -2.29. The van der Waals surface area contributed by atoms with E-state index in [-0.39, 0.29) is 0 Å². The van der Waals surface area contributed by atoms with Gasteiger partial charge in [0.15, 0.2) is 5.65 Å². The van der Waals surface area contributed by atoms with Crippen molar-refractivity contribution in [3.05, 3.63) is 23.1 Å². The Kier molecular flexibility index (Phi) is 4.18. The van der Waals surface area contributed by atoms with Crippen molar-refractivity contribution >= 4 is 34.4 Å². The fraction of sp³-hybridized carbons (Fsp3) is 0.600. The smallest absolute Gasteiger partial charge is 0.160 e. The second-order valence-corrected chi connectivity index (χ2v) is 6.31. The van der Waals surface area contributed by atoms with Crippen LogP contribution in [-0.2, 0) is 5.88 Å². The molecule has 108 valence electrons. The predicted molar refractivity (Wildman–Crippen MR) is 83.4 cm³/mol. The molecule has 5 heteroatoms. The van der Waals surface area contributed by atoms with Crippen LogP contribution in [0.1, 0.15) is 50.9 Å². The number of halogens is 2. The van der Waals surface area contributed by atoms with E-state index in [9.17, 15) is 0 Å². The molecule has 3 rings (SSSR count). The minimum absolute atomic E-state index is 0.418. The summed E-state index contributed by atoms with van der Waals surface area (Å²) in [6.45, 7) is 2.28. The Morgan fingerprint density at radius 2 is 2.05 bits per heavy atom.